The minimum Gasteiger partial charge on any atom is -0.337 e. The average Bonchev–Trinajstić information content (AvgIpc) is 2.68. The zero-order valence-corrected chi connectivity index (χ0v) is 12.9. The topological polar surface area (TPSA) is 59.4 Å². The van der Waals surface area contributed by atoms with E-state index in [9.17, 15) is 22.0 Å². The lowest BCUT2D eigenvalue weighted by molar-refractivity contribution is 0.0633. The van der Waals surface area contributed by atoms with E-state index in [1.54, 1.807) is 7.05 Å². The number of alkyl halides is 2. The van der Waals surface area contributed by atoms with Crippen LogP contribution in [0, 0.1) is 0 Å². The van der Waals surface area contributed by atoms with Gasteiger partial charge in [-0.05, 0) is 25.3 Å². The number of hydrogen-bond acceptors (Lipinski definition) is 3. The molecule has 9 heteroatoms. The molecule has 1 aliphatic rings. The molecule has 2 rings (SSSR count). The van der Waals surface area contributed by atoms with Crippen molar-refractivity contribution in [3.8, 4) is 0 Å². The summed E-state index contributed by atoms with van der Waals surface area (Å²) < 4.78 is 48.7. The fourth-order valence-electron chi connectivity index (χ4n) is 2.22. The van der Waals surface area contributed by atoms with Gasteiger partial charge in [-0.15, -0.1) is 0 Å². The number of carbonyl (C=O) groups excluding carboxylic acids is 1. The van der Waals surface area contributed by atoms with Crippen molar-refractivity contribution in [1.82, 2.24) is 9.47 Å². The molecule has 118 valence electrons. The monoisotopic (exact) mass is 340 g/mol. The lowest BCUT2D eigenvalue weighted by atomic mass is 9.92. The van der Waals surface area contributed by atoms with Crippen LogP contribution in [0.3, 0.4) is 0 Å². The van der Waals surface area contributed by atoms with Crippen molar-refractivity contribution in [1.29, 1.82) is 0 Å². The van der Waals surface area contributed by atoms with Crippen molar-refractivity contribution in [2.75, 3.05) is 7.05 Å². The van der Waals surface area contributed by atoms with Gasteiger partial charge in [0.25, 0.3) is 21.4 Å². The van der Waals surface area contributed by atoms with Crippen LogP contribution in [0.25, 0.3) is 0 Å². The molecule has 0 aliphatic heterocycles. The van der Waals surface area contributed by atoms with Crippen LogP contribution in [0.5, 0.6) is 0 Å². The van der Waals surface area contributed by atoms with Crippen LogP contribution >= 0.6 is 10.7 Å². The molecule has 1 amide bonds. The maximum absolute atomic E-state index is 12.6. The highest BCUT2D eigenvalue weighted by atomic mass is 35.7. The minimum absolute atomic E-state index is 0.0726. The van der Waals surface area contributed by atoms with Gasteiger partial charge in [-0.3, -0.25) is 4.79 Å². The number of halogens is 3. The summed E-state index contributed by atoms with van der Waals surface area (Å²) in [6.07, 6.45) is 0.998. The van der Waals surface area contributed by atoms with Gasteiger partial charge in [0, 0.05) is 30.0 Å². The van der Waals surface area contributed by atoms with Crippen molar-refractivity contribution >= 4 is 25.6 Å². The van der Waals surface area contributed by atoms with E-state index in [-0.39, 0.29) is 16.6 Å². The molecule has 0 bridgehead atoms. The number of aromatic nitrogens is 1. The summed E-state index contributed by atoms with van der Waals surface area (Å²) in [5.74, 6) is -0.480. The number of amides is 1. The second-order valence-corrected chi connectivity index (χ2v) is 7.61. The third-order valence-electron chi connectivity index (χ3n) is 3.65. The third-order valence-corrected chi connectivity index (χ3v) is 4.97. The van der Waals surface area contributed by atoms with Gasteiger partial charge in [0.2, 0.25) is 0 Å². The van der Waals surface area contributed by atoms with Crippen LogP contribution in [0.2, 0.25) is 0 Å². The van der Waals surface area contributed by atoms with E-state index < -0.39 is 27.9 Å². The molecule has 1 aromatic heterocycles. The molecule has 1 saturated carbocycles. The van der Waals surface area contributed by atoms with Gasteiger partial charge in [0.1, 0.15) is 10.6 Å². The molecule has 1 aliphatic carbocycles. The van der Waals surface area contributed by atoms with E-state index in [2.05, 4.69) is 0 Å². The van der Waals surface area contributed by atoms with E-state index in [0.717, 1.165) is 36.1 Å². The zero-order valence-electron chi connectivity index (χ0n) is 11.3. The summed E-state index contributed by atoms with van der Waals surface area (Å²) in [5, 5.41) is 0. The Morgan fingerprint density at radius 3 is 2.57 bits per heavy atom. The summed E-state index contributed by atoms with van der Waals surface area (Å²) in [5.41, 5.74) is -0.0936. The van der Waals surface area contributed by atoms with E-state index in [1.165, 1.54) is 4.90 Å². The summed E-state index contributed by atoms with van der Waals surface area (Å²) in [4.78, 5) is 13.5. The Hall–Kier alpha value is -1.15. The zero-order chi connectivity index (χ0) is 15.8. The van der Waals surface area contributed by atoms with E-state index in [4.69, 9.17) is 10.7 Å². The normalized spacial score (nSPS) is 16.0. The lowest BCUT2D eigenvalue weighted by Crippen LogP contribution is -2.42. The molecule has 5 nitrogen and oxygen atoms in total. The standard InChI is InChI=1S/C12H15ClF2N2O3S/c1-16(8-3-2-4-8)12(18)10-5-9(21(13,19)20)6-17(10)7-11(14)15/h5-6,8,11H,2-4,7H2,1H3. The van der Waals surface area contributed by atoms with Gasteiger partial charge in [-0.25, -0.2) is 17.2 Å². The first-order valence-corrected chi connectivity index (χ1v) is 8.71. The highest BCUT2D eigenvalue weighted by Crippen LogP contribution is 2.26. The second kappa shape index (κ2) is 5.92. The second-order valence-electron chi connectivity index (χ2n) is 5.04. The summed E-state index contributed by atoms with van der Waals surface area (Å²) in [7, 11) is 2.72. The van der Waals surface area contributed by atoms with Crippen molar-refractivity contribution in [3.05, 3.63) is 18.0 Å². The predicted molar refractivity (Wildman–Crippen MR) is 73.2 cm³/mol. The third kappa shape index (κ3) is 3.55. The molecule has 0 spiro atoms. The highest BCUT2D eigenvalue weighted by Gasteiger charge is 2.29. The summed E-state index contributed by atoms with van der Waals surface area (Å²) in [6.45, 7) is -0.758. The molecular weight excluding hydrogens is 326 g/mol. The van der Waals surface area contributed by atoms with Crippen molar-refractivity contribution in [2.24, 2.45) is 0 Å². The Morgan fingerprint density at radius 1 is 1.52 bits per heavy atom. The SMILES string of the molecule is CN(C(=O)c1cc(S(=O)(=O)Cl)cn1CC(F)F)C1CCC1. The average molecular weight is 341 g/mol. The first-order valence-electron chi connectivity index (χ1n) is 6.40. The molecule has 0 saturated heterocycles. The largest absolute Gasteiger partial charge is 0.337 e. The Labute approximate surface area is 125 Å². The minimum atomic E-state index is -4.08. The summed E-state index contributed by atoms with van der Waals surface area (Å²) in [6, 6.07) is 1.12. The summed E-state index contributed by atoms with van der Waals surface area (Å²) >= 11 is 0. The maximum atomic E-state index is 12.6. The fourth-order valence-corrected chi connectivity index (χ4v) is 2.97. The molecule has 1 aromatic rings. The molecule has 0 aromatic carbocycles. The first kappa shape index (κ1) is 16.2. The Balaban J connectivity index is 2.35. The number of rotatable bonds is 5. The molecule has 1 fully saturated rings. The smallest absolute Gasteiger partial charge is 0.270 e. The fraction of sp³-hybridized carbons (Fsp3) is 0.583. The van der Waals surface area contributed by atoms with Gasteiger partial charge in [0.05, 0.1) is 6.54 Å². The van der Waals surface area contributed by atoms with Crippen LogP contribution in [0.1, 0.15) is 29.8 Å². The van der Waals surface area contributed by atoms with E-state index in [1.807, 2.05) is 0 Å². The van der Waals surface area contributed by atoms with E-state index >= 15 is 0 Å². The highest BCUT2D eigenvalue weighted by molar-refractivity contribution is 8.13. The molecule has 21 heavy (non-hydrogen) atoms. The van der Waals surface area contributed by atoms with Crippen molar-refractivity contribution in [3.63, 3.8) is 0 Å². The van der Waals surface area contributed by atoms with Gasteiger partial charge in [-0.1, -0.05) is 0 Å². The Bertz CT molecular complexity index is 641. The first-order chi connectivity index (χ1) is 9.70. The van der Waals surface area contributed by atoms with Crippen LogP contribution < -0.4 is 0 Å². The number of carbonyl (C=O) groups is 1. The molecule has 1 heterocycles. The number of nitrogens with zero attached hydrogens (tertiary/aromatic N) is 2. The van der Waals surface area contributed by atoms with Gasteiger partial charge in [0.15, 0.2) is 0 Å². The van der Waals surface area contributed by atoms with Crippen LogP contribution in [-0.4, -0.2) is 43.3 Å². The Morgan fingerprint density at radius 2 is 2.14 bits per heavy atom. The van der Waals surface area contributed by atoms with Crippen LogP contribution in [-0.2, 0) is 15.6 Å². The molecular formula is C12H15ClF2N2O3S. The quantitative estimate of drug-likeness (QED) is 0.773. The Kier molecular flexibility index (Phi) is 4.57. The number of hydrogen-bond donors (Lipinski definition) is 0. The molecule has 0 radical (unpaired) electrons. The lowest BCUT2D eigenvalue weighted by Gasteiger charge is -2.34. The van der Waals surface area contributed by atoms with Gasteiger partial charge >= 0.3 is 0 Å². The maximum Gasteiger partial charge on any atom is 0.270 e. The predicted octanol–water partition coefficient (Wildman–Crippen LogP) is 2.31. The van der Waals surface area contributed by atoms with Gasteiger partial charge in [-0.2, -0.15) is 0 Å². The van der Waals surface area contributed by atoms with Gasteiger partial charge < -0.3 is 9.47 Å². The van der Waals surface area contributed by atoms with Crippen LogP contribution in [0.15, 0.2) is 17.2 Å². The molecule has 0 unspecified atom stereocenters. The molecule has 0 atom stereocenters. The van der Waals surface area contributed by atoms with E-state index in [0.29, 0.717) is 0 Å². The van der Waals surface area contributed by atoms with Crippen LogP contribution in [0.4, 0.5) is 8.78 Å². The molecule has 0 N–H and O–H groups in total. The van der Waals surface area contributed by atoms with Crippen molar-refractivity contribution in [2.45, 2.75) is 43.2 Å². The van der Waals surface area contributed by atoms with Crippen molar-refractivity contribution < 1.29 is 22.0 Å².